The van der Waals surface area contributed by atoms with Crippen molar-refractivity contribution < 1.29 is 18.7 Å². The monoisotopic (exact) mass is 409 g/mol. The molecule has 4 rings (SSSR count). The number of nitrogens with one attached hydrogen (secondary N) is 1. The zero-order valence-corrected chi connectivity index (χ0v) is 17.5. The lowest BCUT2D eigenvalue weighted by Crippen LogP contribution is -2.59. The predicted molar refractivity (Wildman–Crippen MR) is 106 cm³/mol. The van der Waals surface area contributed by atoms with E-state index in [-0.39, 0.29) is 33.9 Å². The molecule has 1 heterocycles. The highest BCUT2D eigenvalue weighted by Gasteiger charge is 2.68. The average molecular weight is 410 g/mol. The molecule has 0 radical (unpaired) electrons. The van der Waals surface area contributed by atoms with Crippen molar-refractivity contribution in [2.75, 3.05) is 20.3 Å². The number of methoxy groups -OCH3 is 1. The Morgan fingerprint density at radius 3 is 2.93 bits per heavy atom. The van der Waals surface area contributed by atoms with Crippen LogP contribution in [0.15, 0.2) is 18.2 Å². The average Bonchev–Trinajstić information content (AvgIpc) is 3.15. The van der Waals surface area contributed by atoms with Crippen molar-refractivity contribution in [1.29, 1.82) is 0 Å². The van der Waals surface area contributed by atoms with Crippen LogP contribution in [0.1, 0.15) is 51.2 Å². The summed E-state index contributed by atoms with van der Waals surface area (Å²) in [5.41, 5.74) is 0.993. The number of fused-ring (bicyclic) bond motifs is 1. The molecule has 3 aliphatic rings. The molecule has 4 nitrogen and oxygen atoms in total. The van der Waals surface area contributed by atoms with Crippen LogP contribution in [0.2, 0.25) is 5.02 Å². The van der Waals surface area contributed by atoms with E-state index in [0.717, 1.165) is 24.8 Å². The normalized spacial score (nSPS) is 35.6. The molecule has 2 aliphatic carbocycles. The Hall–Kier alpha value is -1.17. The molecule has 1 amide bonds. The third-order valence-electron chi connectivity index (χ3n) is 7.62. The molecule has 154 valence electrons. The van der Waals surface area contributed by atoms with E-state index in [9.17, 15) is 9.18 Å². The smallest absolute Gasteiger partial charge is 0.222 e. The summed E-state index contributed by atoms with van der Waals surface area (Å²) < 4.78 is 24.9. The Morgan fingerprint density at radius 1 is 1.43 bits per heavy atom. The fourth-order valence-corrected chi connectivity index (χ4v) is 6.42. The molecule has 5 atom stereocenters. The number of halogens is 2. The van der Waals surface area contributed by atoms with Crippen molar-refractivity contribution in [1.82, 2.24) is 5.32 Å². The van der Waals surface area contributed by atoms with E-state index in [1.807, 2.05) is 0 Å². The summed E-state index contributed by atoms with van der Waals surface area (Å²) in [7, 11) is 1.61. The first-order valence-electron chi connectivity index (χ1n) is 10.1. The van der Waals surface area contributed by atoms with E-state index in [1.54, 1.807) is 19.2 Å². The van der Waals surface area contributed by atoms with Crippen molar-refractivity contribution in [2.45, 2.75) is 51.7 Å². The van der Waals surface area contributed by atoms with Crippen molar-refractivity contribution in [2.24, 2.45) is 22.7 Å². The van der Waals surface area contributed by atoms with Crippen LogP contribution in [0.25, 0.3) is 0 Å². The van der Waals surface area contributed by atoms with E-state index in [2.05, 4.69) is 19.2 Å². The third-order valence-corrected chi connectivity index (χ3v) is 7.91. The highest BCUT2D eigenvalue weighted by atomic mass is 35.5. The molecule has 0 unspecified atom stereocenters. The van der Waals surface area contributed by atoms with Crippen molar-refractivity contribution in [3.05, 3.63) is 34.6 Å². The van der Waals surface area contributed by atoms with E-state index < -0.39 is 5.82 Å². The highest BCUT2D eigenvalue weighted by molar-refractivity contribution is 6.30. The van der Waals surface area contributed by atoms with Gasteiger partial charge in [0.2, 0.25) is 5.91 Å². The molecule has 1 spiro atoms. The Balaban J connectivity index is 1.63. The molecule has 0 aromatic heterocycles. The summed E-state index contributed by atoms with van der Waals surface area (Å²) in [5, 5.41) is 3.49. The highest BCUT2D eigenvalue weighted by Crippen LogP contribution is 2.70. The molecule has 28 heavy (non-hydrogen) atoms. The van der Waals surface area contributed by atoms with Crippen molar-refractivity contribution in [3.8, 4) is 0 Å². The van der Waals surface area contributed by atoms with Crippen LogP contribution in [0, 0.1) is 28.5 Å². The largest absolute Gasteiger partial charge is 0.384 e. The van der Waals surface area contributed by atoms with Gasteiger partial charge in [-0.1, -0.05) is 31.5 Å². The predicted octanol–water partition coefficient (Wildman–Crippen LogP) is 4.51. The maximum absolute atomic E-state index is 13.7. The summed E-state index contributed by atoms with van der Waals surface area (Å²) in [5.74, 6) is 0.473. The second-order valence-electron chi connectivity index (χ2n) is 9.26. The second-order valence-corrected chi connectivity index (χ2v) is 9.66. The number of hydrogen-bond acceptors (Lipinski definition) is 3. The van der Waals surface area contributed by atoms with Gasteiger partial charge in [-0.3, -0.25) is 4.79 Å². The summed E-state index contributed by atoms with van der Waals surface area (Å²) >= 11 is 6.05. The molecule has 6 heteroatoms. The van der Waals surface area contributed by atoms with E-state index >= 15 is 0 Å². The van der Waals surface area contributed by atoms with Gasteiger partial charge in [0.1, 0.15) is 5.82 Å². The molecule has 2 saturated carbocycles. The van der Waals surface area contributed by atoms with Crippen LogP contribution in [0.4, 0.5) is 4.39 Å². The van der Waals surface area contributed by atoms with Gasteiger partial charge in [-0.2, -0.15) is 0 Å². The molecule has 1 aliphatic heterocycles. The lowest BCUT2D eigenvalue weighted by Gasteiger charge is -2.53. The first-order chi connectivity index (χ1) is 13.3. The standard InChI is InChI=1S/C22H29ClFNO3/c1-21(2)14-11-15-19(13-4-5-17(24)16(23)10-13)28-9-7-22(15,12-14)20(21)25-18(26)6-8-27-3/h4-5,10,14-15,19-20H,6-9,11-12H2,1-3H3,(H,25,26)/t14-,15-,19-,20+,22-/m1/s1. The fourth-order valence-electron chi connectivity index (χ4n) is 6.23. The number of carbonyl (C=O) groups excluding carboxylic acids is 1. The molecule has 1 aromatic carbocycles. The minimum atomic E-state index is -0.409. The molecular formula is C22H29ClFNO3. The van der Waals surface area contributed by atoms with E-state index in [4.69, 9.17) is 21.1 Å². The SMILES string of the molecule is COCCC(=O)N[C@H]1C(C)(C)[C@@H]2C[C@@H]3[C@@H](c4ccc(F)c(Cl)c4)OCC[C@@]31C2. The van der Waals surface area contributed by atoms with Gasteiger partial charge in [0.15, 0.2) is 0 Å². The lowest BCUT2D eigenvalue weighted by molar-refractivity contribution is -0.137. The van der Waals surface area contributed by atoms with Gasteiger partial charge in [0.05, 0.1) is 17.7 Å². The van der Waals surface area contributed by atoms with Gasteiger partial charge in [0.25, 0.3) is 0 Å². The molecule has 3 fully saturated rings. The van der Waals surface area contributed by atoms with Crippen LogP contribution < -0.4 is 5.32 Å². The molecule has 1 N–H and O–H groups in total. The topological polar surface area (TPSA) is 47.6 Å². The lowest BCUT2D eigenvalue weighted by atomic mass is 9.59. The molecular weight excluding hydrogens is 381 g/mol. The van der Waals surface area contributed by atoms with Gasteiger partial charge in [-0.15, -0.1) is 0 Å². The number of carbonyl (C=O) groups is 1. The van der Waals surface area contributed by atoms with Crippen LogP contribution in [-0.2, 0) is 14.3 Å². The zero-order valence-electron chi connectivity index (χ0n) is 16.8. The number of hydrogen-bond donors (Lipinski definition) is 1. The van der Waals surface area contributed by atoms with Crippen molar-refractivity contribution >= 4 is 17.5 Å². The zero-order chi connectivity index (χ0) is 20.1. The number of amides is 1. The summed E-state index contributed by atoms with van der Waals surface area (Å²) in [6.45, 7) is 5.63. The number of ether oxygens (including phenoxy) is 2. The quantitative estimate of drug-likeness (QED) is 0.778. The van der Waals surface area contributed by atoms with Crippen LogP contribution in [0.5, 0.6) is 0 Å². The Labute approximate surface area is 171 Å². The summed E-state index contributed by atoms with van der Waals surface area (Å²) in [4.78, 5) is 12.5. The molecule has 1 aromatic rings. The Morgan fingerprint density at radius 2 is 2.21 bits per heavy atom. The Kier molecular flexibility index (Phi) is 5.22. The maximum Gasteiger partial charge on any atom is 0.222 e. The van der Waals surface area contributed by atoms with Crippen LogP contribution >= 0.6 is 11.6 Å². The minimum absolute atomic E-state index is 0.0146. The maximum atomic E-state index is 13.7. The second kappa shape index (κ2) is 7.26. The van der Waals surface area contributed by atoms with Gasteiger partial charge in [0, 0.05) is 26.2 Å². The summed E-state index contributed by atoms with van der Waals surface area (Å²) in [6, 6.07) is 5.01. The number of rotatable bonds is 5. The molecule has 1 saturated heterocycles. The van der Waals surface area contributed by atoms with E-state index in [0.29, 0.717) is 31.5 Å². The first-order valence-corrected chi connectivity index (χ1v) is 10.5. The summed E-state index contributed by atoms with van der Waals surface area (Å²) in [6.07, 6.45) is 3.39. The molecule has 2 bridgehead atoms. The third kappa shape index (κ3) is 3.06. The first kappa shape index (κ1) is 20.1. The fraction of sp³-hybridized carbons (Fsp3) is 0.682. The van der Waals surface area contributed by atoms with Gasteiger partial charge in [-0.25, -0.2) is 4.39 Å². The van der Waals surface area contributed by atoms with Crippen LogP contribution in [0.3, 0.4) is 0 Å². The minimum Gasteiger partial charge on any atom is -0.384 e. The Bertz CT molecular complexity index is 770. The van der Waals surface area contributed by atoms with Crippen molar-refractivity contribution in [3.63, 3.8) is 0 Å². The van der Waals surface area contributed by atoms with Gasteiger partial charge in [-0.05, 0) is 59.6 Å². The van der Waals surface area contributed by atoms with Gasteiger partial charge >= 0.3 is 0 Å². The van der Waals surface area contributed by atoms with E-state index in [1.165, 1.54) is 6.07 Å². The van der Waals surface area contributed by atoms with Gasteiger partial charge < -0.3 is 14.8 Å². The number of benzene rings is 1. The van der Waals surface area contributed by atoms with Crippen LogP contribution in [-0.4, -0.2) is 32.3 Å².